The van der Waals surface area contributed by atoms with Crippen molar-refractivity contribution in [3.8, 4) is 34.7 Å². The summed E-state index contributed by atoms with van der Waals surface area (Å²) >= 11 is 0. The molecule has 1 N–H and O–H groups in total. The zero-order valence-corrected chi connectivity index (χ0v) is 17.5. The van der Waals surface area contributed by atoms with Crippen LogP contribution in [-0.2, 0) is 5.54 Å². The molecule has 0 unspecified atom stereocenters. The average Bonchev–Trinajstić information content (AvgIpc) is 3.50. The van der Waals surface area contributed by atoms with Crippen molar-refractivity contribution in [2.75, 3.05) is 0 Å². The van der Waals surface area contributed by atoms with Gasteiger partial charge in [-0.25, -0.2) is 9.97 Å². The highest BCUT2D eigenvalue weighted by Crippen LogP contribution is 2.45. The lowest BCUT2D eigenvalue weighted by atomic mass is 9.68. The molecule has 1 aliphatic rings. The van der Waals surface area contributed by atoms with Gasteiger partial charge < -0.3 is 4.98 Å². The van der Waals surface area contributed by atoms with Crippen LogP contribution in [0.1, 0.15) is 19.3 Å². The van der Waals surface area contributed by atoms with E-state index in [-0.39, 0.29) is 12.3 Å². The first kappa shape index (κ1) is 19.1. The smallest absolute Gasteiger partial charge is 0.156 e. The standard InChI is InChI=1S/C24H17N9/c25-5-4-24(10-15(11-24)12-26)33-30-14-22(32-33)18-8-16(9-20-17(18)2-1-6-27-20)21-13-29-23-19(31-21)3-7-28-23/h1-3,6-9,13-15H,4,10-11H2,(H,28,29). The summed E-state index contributed by atoms with van der Waals surface area (Å²) in [5.74, 6) is -0.0666. The predicted octanol–water partition coefficient (Wildman–Crippen LogP) is 3.97. The molecule has 0 spiro atoms. The van der Waals surface area contributed by atoms with Crippen molar-refractivity contribution in [3.05, 3.63) is 55.1 Å². The van der Waals surface area contributed by atoms with Crippen molar-refractivity contribution in [1.82, 2.24) is 34.9 Å². The summed E-state index contributed by atoms with van der Waals surface area (Å²) in [6.45, 7) is 0. The summed E-state index contributed by atoms with van der Waals surface area (Å²) in [6.07, 6.45) is 8.46. The maximum absolute atomic E-state index is 9.35. The number of hydrogen-bond donors (Lipinski definition) is 1. The summed E-state index contributed by atoms with van der Waals surface area (Å²) < 4.78 is 0. The molecule has 1 fully saturated rings. The van der Waals surface area contributed by atoms with Crippen LogP contribution in [-0.4, -0.2) is 34.9 Å². The van der Waals surface area contributed by atoms with Crippen molar-refractivity contribution >= 4 is 22.1 Å². The van der Waals surface area contributed by atoms with Crippen LogP contribution in [0.15, 0.2) is 55.1 Å². The molecule has 9 nitrogen and oxygen atoms in total. The first-order valence-electron chi connectivity index (χ1n) is 10.6. The fourth-order valence-corrected chi connectivity index (χ4v) is 4.60. The van der Waals surface area contributed by atoms with Gasteiger partial charge in [0.15, 0.2) is 5.65 Å². The van der Waals surface area contributed by atoms with Crippen LogP contribution >= 0.6 is 0 Å². The van der Waals surface area contributed by atoms with Crippen LogP contribution in [0, 0.1) is 28.6 Å². The van der Waals surface area contributed by atoms with Crippen molar-refractivity contribution < 1.29 is 0 Å². The molecule has 9 heteroatoms. The predicted molar refractivity (Wildman–Crippen MR) is 120 cm³/mol. The van der Waals surface area contributed by atoms with Gasteiger partial charge in [0.1, 0.15) is 11.2 Å². The number of benzene rings is 1. The summed E-state index contributed by atoms with van der Waals surface area (Å²) in [4.78, 5) is 18.4. The number of nitrogens with one attached hydrogen (secondary N) is 1. The van der Waals surface area contributed by atoms with E-state index in [1.54, 1.807) is 23.4 Å². The van der Waals surface area contributed by atoms with Gasteiger partial charge in [0, 0.05) is 28.9 Å². The third-order valence-corrected chi connectivity index (χ3v) is 6.31. The Balaban J connectivity index is 1.48. The molecule has 4 heterocycles. The fraction of sp³-hybridized carbons (Fsp3) is 0.208. The molecule has 33 heavy (non-hydrogen) atoms. The van der Waals surface area contributed by atoms with E-state index in [1.807, 2.05) is 36.5 Å². The van der Waals surface area contributed by atoms with E-state index in [0.29, 0.717) is 18.5 Å². The Bertz CT molecular complexity index is 1590. The number of H-pyrrole nitrogens is 1. The molecule has 0 aliphatic heterocycles. The maximum atomic E-state index is 9.35. The van der Waals surface area contributed by atoms with Crippen molar-refractivity contribution in [2.24, 2.45) is 5.92 Å². The molecular formula is C24H17N9. The van der Waals surface area contributed by atoms with Gasteiger partial charge in [-0.2, -0.15) is 25.5 Å². The van der Waals surface area contributed by atoms with E-state index in [0.717, 1.165) is 38.9 Å². The lowest BCUT2D eigenvalue weighted by Crippen LogP contribution is -2.47. The molecular weight excluding hydrogens is 414 g/mol. The zero-order valence-electron chi connectivity index (χ0n) is 17.5. The second-order valence-electron chi connectivity index (χ2n) is 8.37. The molecule has 0 amide bonds. The Morgan fingerprint density at radius 3 is 2.85 bits per heavy atom. The van der Waals surface area contributed by atoms with Crippen molar-refractivity contribution in [1.29, 1.82) is 10.5 Å². The third-order valence-electron chi connectivity index (χ3n) is 6.31. The Hall–Kier alpha value is -4.63. The number of aromatic amines is 1. The number of nitrogens with zero attached hydrogens (tertiary/aromatic N) is 8. The largest absolute Gasteiger partial charge is 0.345 e. The van der Waals surface area contributed by atoms with Crippen molar-refractivity contribution in [3.63, 3.8) is 0 Å². The number of nitriles is 2. The minimum atomic E-state index is -0.524. The van der Waals surface area contributed by atoms with Crippen LogP contribution in [0.5, 0.6) is 0 Å². The fourth-order valence-electron chi connectivity index (χ4n) is 4.60. The van der Waals surface area contributed by atoms with Gasteiger partial charge in [0.2, 0.25) is 0 Å². The Morgan fingerprint density at radius 2 is 2.00 bits per heavy atom. The van der Waals surface area contributed by atoms with Gasteiger partial charge in [-0.05, 0) is 37.1 Å². The number of aromatic nitrogens is 7. The molecule has 5 aromatic rings. The first-order chi connectivity index (χ1) is 16.2. The van der Waals surface area contributed by atoms with E-state index >= 15 is 0 Å². The quantitative estimate of drug-likeness (QED) is 0.455. The SMILES string of the molecule is N#CCC1(n2ncc(-c3cc(-c4cnc5[nH]ccc5n4)cc4ncccc34)n2)CC(C#N)C1. The Morgan fingerprint density at radius 1 is 1.09 bits per heavy atom. The van der Waals surface area contributed by atoms with E-state index < -0.39 is 5.54 Å². The van der Waals surface area contributed by atoms with Crippen molar-refractivity contribution in [2.45, 2.75) is 24.8 Å². The number of rotatable bonds is 4. The normalized spacial score (nSPS) is 19.8. The minimum Gasteiger partial charge on any atom is -0.345 e. The molecule has 1 aliphatic carbocycles. The zero-order chi connectivity index (χ0) is 22.4. The molecule has 158 valence electrons. The molecule has 0 bridgehead atoms. The molecule has 0 atom stereocenters. The van der Waals surface area contributed by atoms with Crippen LogP contribution < -0.4 is 0 Å². The van der Waals surface area contributed by atoms with Crippen LogP contribution in [0.2, 0.25) is 0 Å². The summed E-state index contributed by atoms with van der Waals surface area (Å²) in [6, 6.07) is 14.3. The topological polar surface area (TPSA) is 133 Å². The van der Waals surface area contributed by atoms with Gasteiger partial charge in [-0.15, -0.1) is 0 Å². The lowest BCUT2D eigenvalue weighted by Gasteiger charge is -2.42. The highest BCUT2D eigenvalue weighted by Gasteiger charge is 2.48. The van der Waals surface area contributed by atoms with Gasteiger partial charge in [0.25, 0.3) is 0 Å². The molecule has 1 saturated carbocycles. The Labute approximate surface area is 188 Å². The Kier molecular flexibility index (Phi) is 4.17. The first-order valence-corrected chi connectivity index (χ1v) is 10.6. The molecule has 4 aromatic heterocycles. The molecule has 0 radical (unpaired) electrons. The monoisotopic (exact) mass is 431 g/mol. The van der Waals surface area contributed by atoms with Gasteiger partial charge in [0.05, 0.1) is 53.6 Å². The summed E-state index contributed by atoms with van der Waals surface area (Å²) in [5.41, 5.74) is 4.99. The summed E-state index contributed by atoms with van der Waals surface area (Å²) in [7, 11) is 0. The minimum absolute atomic E-state index is 0.0666. The number of fused-ring (bicyclic) bond motifs is 2. The second-order valence-corrected chi connectivity index (χ2v) is 8.37. The lowest BCUT2D eigenvalue weighted by molar-refractivity contribution is 0.0713. The average molecular weight is 431 g/mol. The molecule has 6 rings (SSSR count). The third kappa shape index (κ3) is 3.02. The highest BCUT2D eigenvalue weighted by atomic mass is 15.5. The van der Waals surface area contributed by atoms with Gasteiger partial charge >= 0.3 is 0 Å². The number of pyridine rings is 1. The van der Waals surface area contributed by atoms with E-state index in [1.165, 1.54) is 0 Å². The highest BCUT2D eigenvalue weighted by molar-refractivity contribution is 5.97. The van der Waals surface area contributed by atoms with Gasteiger partial charge in [-0.3, -0.25) is 4.98 Å². The van der Waals surface area contributed by atoms with E-state index in [2.05, 4.69) is 32.2 Å². The van der Waals surface area contributed by atoms with E-state index in [4.69, 9.17) is 10.1 Å². The van der Waals surface area contributed by atoms with Crippen LogP contribution in [0.4, 0.5) is 0 Å². The second kappa shape index (κ2) is 7.21. The van der Waals surface area contributed by atoms with Gasteiger partial charge in [-0.1, -0.05) is 6.07 Å². The maximum Gasteiger partial charge on any atom is 0.156 e. The number of hydrogen-bond acceptors (Lipinski definition) is 7. The summed E-state index contributed by atoms with van der Waals surface area (Å²) in [5, 5.41) is 28.8. The molecule has 0 saturated heterocycles. The van der Waals surface area contributed by atoms with Crippen LogP contribution in [0.25, 0.3) is 44.6 Å². The molecule has 1 aromatic carbocycles. The van der Waals surface area contributed by atoms with E-state index in [9.17, 15) is 10.5 Å². The van der Waals surface area contributed by atoms with Crippen LogP contribution in [0.3, 0.4) is 0 Å².